The monoisotopic (exact) mass is 523 g/mol. The molecular weight excluding hydrogens is 506 g/mol. The van der Waals surface area contributed by atoms with E-state index in [9.17, 15) is 22.8 Å². The van der Waals surface area contributed by atoms with Crippen LogP contribution in [0, 0.1) is 6.92 Å². The summed E-state index contributed by atoms with van der Waals surface area (Å²) in [6, 6.07) is 9.18. The van der Waals surface area contributed by atoms with Crippen molar-refractivity contribution in [1.82, 2.24) is 5.43 Å². The van der Waals surface area contributed by atoms with Gasteiger partial charge in [-0.15, -0.1) is 0 Å². The van der Waals surface area contributed by atoms with Crippen LogP contribution in [0.3, 0.4) is 0 Å². The van der Waals surface area contributed by atoms with Gasteiger partial charge in [0.15, 0.2) is 5.76 Å². The summed E-state index contributed by atoms with van der Waals surface area (Å²) in [6.07, 6.45) is -2.87. The number of hydrogen-bond acceptors (Lipinski definition) is 4. The molecule has 0 atom stereocenters. The van der Waals surface area contributed by atoms with Crippen molar-refractivity contribution in [3.63, 3.8) is 0 Å². The first-order valence-electron chi connectivity index (χ1n) is 10.5. The molecule has 182 valence electrons. The Morgan fingerprint density at radius 1 is 1.03 bits per heavy atom. The van der Waals surface area contributed by atoms with Crippen LogP contribution in [0.2, 0.25) is 10.0 Å². The molecule has 2 aromatic carbocycles. The molecule has 3 aromatic rings. The Morgan fingerprint density at radius 3 is 2.49 bits per heavy atom. The first-order valence-corrected chi connectivity index (χ1v) is 11.2. The summed E-state index contributed by atoms with van der Waals surface area (Å²) in [5.41, 5.74) is 3.15. The molecule has 1 aliphatic carbocycles. The molecule has 2 amide bonds. The van der Waals surface area contributed by atoms with E-state index in [0.29, 0.717) is 41.9 Å². The van der Waals surface area contributed by atoms with Gasteiger partial charge in [0.25, 0.3) is 11.8 Å². The zero-order chi connectivity index (χ0) is 25.3. The number of alkyl halides is 3. The summed E-state index contributed by atoms with van der Waals surface area (Å²) >= 11 is 12.0. The van der Waals surface area contributed by atoms with Crippen LogP contribution < -0.4 is 10.7 Å². The highest BCUT2D eigenvalue weighted by Gasteiger charge is 2.32. The van der Waals surface area contributed by atoms with Gasteiger partial charge in [0, 0.05) is 17.5 Å². The fourth-order valence-corrected chi connectivity index (χ4v) is 4.18. The molecule has 0 unspecified atom stereocenters. The van der Waals surface area contributed by atoms with Gasteiger partial charge in [0.1, 0.15) is 5.76 Å². The highest BCUT2D eigenvalue weighted by Crippen LogP contribution is 2.35. The first kappa shape index (κ1) is 24.8. The molecule has 35 heavy (non-hydrogen) atoms. The van der Waals surface area contributed by atoms with Crippen LogP contribution in [0.1, 0.15) is 56.2 Å². The van der Waals surface area contributed by atoms with E-state index in [1.54, 1.807) is 31.2 Å². The number of halogens is 5. The fraction of sp³-hybridized carbons (Fsp3) is 0.208. The Balaban J connectivity index is 1.59. The predicted molar refractivity (Wildman–Crippen MR) is 126 cm³/mol. The molecule has 0 saturated carbocycles. The lowest BCUT2D eigenvalue weighted by Gasteiger charge is -2.13. The van der Waals surface area contributed by atoms with Gasteiger partial charge in [0.05, 0.1) is 32.6 Å². The average Bonchev–Trinajstić information content (AvgIpc) is 3.15. The van der Waals surface area contributed by atoms with E-state index in [-0.39, 0.29) is 27.1 Å². The highest BCUT2D eigenvalue weighted by molar-refractivity contribution is 6.34. The third-order valence-corrected chi connectivity index (χ3v) is 6.14. The average molecular weight is 524 g/mol. The van der Waals surface area contributed by atoms with Crippen molar-refractivity contribution in [3.05, 3.63) is 86.3 Å². The molecular formula is C24H18Cl2F3N3O3. The van der Waals surface area contributed by atoms with Crippen LogP contribution in [0.5, 0.6) is 0 Å². The zero-order valence-electron chi connectivity index (χ0n) is 18.2. The molecule has 0 spiro atoms. The molecule has 0 fully saturated rings. The Kier molecular flexibility index (Phi) is 6.91. The second-order valence-corrected chi connectivity index (χ2v) is 8.65. The Labute approximate surface area is 208 Å². The van der Waals surface area contributed by atoms with E-state index in [4.69, 9.17) is 27.6 Å². The first-order chi connectivity index (χ1) is 16.6. The van der Waals surface area contributed by atoms with Crippen molar-refractivity contribution < 1.29 is 27.2 Å². The maximum atomic E-state index is 13.1. The van der Waals surface area contributed by atoms with E-state index < -0.39 is 23.6 Å². The minimum atomic E-state index is -4.59. The number of nitrogens with one attached hydrogen (secondary N) is 2. The third kappa shape index (κ3) is 5.21. The van der Waals surface area contributed by atoms with Crippen molar-refractivity contribution in [1.29, 1.82) is 0 Å². The molecule has 0 saturated heterocycles. The lowest BCUT2D eigenvalue weighted by atomic mass is 9.93. The number of nitrogens with zero attached hydrogens (tertiary/aromatic N) is 1. The minimum absolute atomic E-state index is 0.0511. The number of aryl methyl sites for hydroxylation is 1. The van der Waals surface area contributed by atoms with Crippen molar-refractivity contribution in [2.45, 2.75) is 32.4 Å². The molecule has 0 radical (unpaired) electrons. The number of hydrogen-bond donors (Lipinski definition) is 2. The van der Waals surface area contributed by atoms with Gasteiger partial charge < -0.3 is 9.73 Å². The van der Waals surface area contributed by atoms with Crippen LogP contribution in [-0.2, 0) is 12.6 Å². The third-order valence-electron chi connectivity index (χ3n) is 5.48. The maximum absolute atomic E-state index is 13.1. The number of fused-ring (bicyclic) bond motifs is 1. The Hall–Kier alpha value is -3.30. The number of carbonyl (C=O) groups is 2. The molecule has 4 rings (SSSR count). The normalized spacial score (nSPS) is 14.5. The molecule has 1 aliphatic rings. The standard InChI is InChI=1S/C24H18Cl2F3N3O3/c1-12-20-17(31-32-22(33)14-5-2-3-6-15(14)25)7-4-8-19(20)35-21(12)23(34)30-18-11-13(24(27,28)29)9-10-16(18)26/h2-3,5-6,9-11H,4,7-8H2,1H3,(H,30,34)(H,32,33)/b31-17+. The smallest absolute Gasteiger partial charge is 0.416 e. The largest absolute Gasteiger partial charge is 0.455 e. The Bertz CT molecular complexity index is 1350. The van der Waals surface area contributed by atoms with Gasteiger partial charge in [-0.2, -0.15) is 18.3 Å². The fourth-order valence-electron chi connectivity index (χ4n) is 3.80. The molecule has 0 bridgehead atoms. The molecule has 1 aromatic heterocycles. The number of benzene rings is 2. The molecule has 1 heterocycles. The van der Waals surface area contributed by atoms with Gasteiger partial charge in [-0.25, -0.2) is 5.43 Å². The van der Waals surface area contributed by atoms with E-state index in [0.717, 1.165) is 18.2 Å². The summed E-state index contributed by atoms with van der Waals surface area (Å²) in [7, 11) is 0. The van der Waals surface area contributed by atoms with Gasteiger partial charge in [-0.3, -0.25) is 9.59 Å². The lowest BCUT2D eigenvalue weighted by molar-refractivity contribution is -0.137. The van der Waals surface area contributed by atoms with Crippen LogP contribution in [0.4, 0.5) is 18.9 Å². The van der Waals surface area contributed by atoms with Crippen molar-refractivity contribution in [2.24, 2.45) is 5.10 Å². The SMILES string of the molecule is Cc1c(C(=O)Nc2cc(C(F)(F)F)ccc2Cl)oc2c1/C(=N/NC(=O)c1ccccc1Cl)CCC2. The van der Waals surface area contributed by atoms with Gasteiger partial charge >= 0.3 is 6.18 Å². The zero-order valence-corrected chi connectivity index (χ0v) is 19.7. The van der Waals surface area contributed by atoms with E-state index >= 15 is 0 Å². The van der Waals surface area contributed by atoms with Crippen LogP contribution in [0.25, 0.3) is 0 Å². The van der Waals surface area contributed by atoms with E-state index in [1.807, 2.05) is 0 Å². The number of furan rings is 1. The van der Waals surface area contributed by atoms with E-state index in [2.05, 4.69) is 15.8 Å². The van der Waals surface area contributed by atoms with Crippen molar-refractivity contribution in [2.75, 3.05) is 5.32 Å². The summed E-state index contributed by atoms with van der Waals surface area (Å²) in [5.74, 6) is -0.818. The molecule has 0 aliphatic heterocycles. The number of amides is 2. The minimum Gasteiger partial charge on any atom is -0.455 e. The quantitative estimate of drug-likeness (QED) is 0.376. The van der Waals surface area contributed by atoms with Crippen LogP contribution in [-0.4, -0.2) is 17.5 Å². The summed E-state index contributed by atoms with van der Waals surface area (Å²) in [5, 5.41) is 6.85. The second kappa shape index (κ2) is 9.75. The topological polar surface area (TPSA) is 83.7 Å². The van der Waals surface area contributed by atoms with Crippen LogP contribution in [0.15, 0.2) is 52.0 Å². The summed E-state index contributed by atoms with van der Waals surface area (Å²) < 4.78 is 44.9. The Morgan fingerprint density at radius 2 is 1.77 bits per heavy atom. The highest BCUT2D eigenvalue weighted by atomic mass is 35.5. The number of carbonyl (C=O) groups excluding carboxylic acids is 2. The molecule has 2 N–H and O–H groups in total. The van der Waals surface area contributed by atoms with E-state index in [1.165, 1.54) is 0 Å². The second-order valence-electron chi connectivity index (χ2n) is 7.83. The molecule has 6 nitrogen and oxygen atoms in total. The van der Waals surface area contributed by atoms with Crippen molar-refractivity contribution in [3.8, 4) is 0 Å². The summed E-state index contributed by atoms with van der Waals surface area (Å²) in [4.78, 5) is 25.4. The molecule has 11 heteroatoms. The lowest BCUT2D eigenvalue weighted by Crippen LogP contribution is -2.22. The summed E-state index contributed by atoms with van der Waals surface area (Å²) in [6.45, 7) is 1.64. The van der Waals surface area contributed by atoms with Crippen LogP contribution >= 0.6 is 23.2 Å². The van der Waals surface area contributed by atoms with Gasteiger partial charge in [-0.1, -0.05) is 35.3 Å². The number of anilines is 1. The van der Waals surface area contributed by atoms with Gasteiger partial charge in [0.2, 0.25) is 0 Å². The predicted octanol–water partition coefficient (Wildman–Crippen LogP) is 6.64. The number of hydrazone groups is 1. The van der Waals surface area contributed by atoms with Gasteiger partial charge in [-0.05, 0) is 50.1 Å². The number of rotatable bonds is 4. The maximum Gasteiger partial charge on any atom is 0.416 e. The van der Waals surface area contributed by atoms with Crippen molar-refractivity contribution >= 4 is 46.4 Å².